The Bertz CT molecular complexity index is 671. The Labute approximate surface area is 150 Å². The summed E-state index contributed by atoms with van der Waals surface area (Å²) in [5, 5.41) is 11.0. The minimum absolute atomic E-state index is 0.0342. The maximum Gasteiger partial charge on any atom is 0.143 e. The van der Waals surface area contributed by atoms with Gasteiger partial charge in [0.05, 0.1) is 6.21 Å². The van der Waals surface area contributed by atoms with Crippen LogP contribution in [0.2, 0.25) is 0 Å². The number of rotatable bonds is 6. The highest BCUT2D eigenvalue weighted by Gasteiger charge is 2.45. The van der Waals surface area contributed by atoms with E-state index >= 15 is 0 Å². The zero-order chi connectivity index (χ0) is 18.1. The number of likely N-dealkylation sites (tertiary alicyclic amines) is 1. The van der Waals surface area contributed by atoms with Crippen molar-refractivity contribution in [2.45, 2.75) is 33.4 Å². The number of aryl methyl sites for hydroxylation is 2. The molecule has 2 heterocycles. The molecule has 2 aliphatic rings. The maximum atomic E-state index is 7.74. The Morgan fingerprint density at radius 1 is 1.32 bits per heavy atom. The third-order valence-corrected chi connectivity index (χ3v) is 5.43. The van der Waals surface area contributed by atoms with Crippen molar-refractivity contribution < 1.29 is 0 Å². The van der Waals surface area contributed by atoms with Gasteiger partial charge in [-0.2, -0.15) is 0 Å². The number of hydrogen-bond acceptors (Lipinski definition) is 4. The lowest BCUT2D eigenvalue weighted by molar-refractivity contribution is 0.355. The van der Waals surface area contributed by atoms with Gasteiger partial charge in [-0.05, 0) is 51.2 Å². The van der Waals surface area contributed by atoms with Crippen LogP contribution in [-0.4, -0.2) is 59.8 Å². The molecule has 2 N–H and O–H groups in total. The molecule has 25 heavy (non-hydrogen) atoms. The minimum atomic E-state index is -0.0342. The molecular formula is C19H30N6. The summed E-state index contributed by atoms with van der Waals surface area (Å²) in [6.07, 6.45) is 4.81. The predicted molar refractivity (Wildman–Crippen MR) is 104 cm³/mol. The molecular weight excluding hydrogens is 312 g/mol. The third-order valence-electron chi connectivity index (χ3n) is 5.43. The Morgan fingerprint density at radius 2 is 1.92 bits per heavy atom. The highest BCUT2D eigenvalue weighted by Crippen LogP contribution is 2.44. The van der Waals surface area contributed by atoms with Crippen LogP contribution in [0.1, 0.15) is 24.7 Å². The highest BCUT2D eigenvalue weighted by atomic mass is 15.3. The van der Waals surface area contributed by atoms with Crippen LogP contribution in [0, 0.1) is 31.1 Å². The number of aromatic nitrogens is 1. The minimum Gasteiger partial charge on any atom is -0.373 e. The number of aliphatic imine (C=N–C) groups is 1. The van der Waals surface area contributed by atoms with Crippen LogP contribution in [0.3, 0.4) is 0 Å². The summed E-state index contributed by atoms with van der Waals surface area (Å²) in [6.45, 7) is 8.40. The first-order chi connectivity index (χ1) is 11.9. The van der Waals surface area contributed by atoms with E-state index in [0.29, 0.717) is 0 Å². The third kappa shape index (κ3) is 3.57. The fourth-order valence-corrected chi connectivity index (χ4v) is 3.66. The summed E-state index contributed by atoms with van der Waals surface area (Å²) in [4.78, 5) is 9.14. The molecule has 3 unspecified atom stereocenters. The molecule has 0 spiro atoms. The van der Waals surface area contributed by atoms with E-state index in [0.717, 1.165) is 36.6 Å². The molecule has 1 aliphatic carbocycles. The van der Waals surface area contributed by atoms with Crippen molar-refractivity contribution in [2.75, 3.05) is 27.2 Å². The Kier molecular flexibility index (Phi) is 4.88. The van der Waals surface area contributed by atoms with Crippen molar-refractivity contribution in [3.8, 4) is 0 Å². The lowest BCUT2D eigenvalue weighted by Crippen LogP contribution is -2.34. The van der Waals surface area contributed by atoms with Gasteiger partial charge in [0.1, 0.15) is 17.8 Å². The van der Waals surface area contributed by atoms with E-state index in [9.17, 15) is 0 Å². The average molecular weight is 342 g/mol. The van der Waals surface area contributed by atoms with E-state index in [2.05, 4.69) is 58.8 Å². The van der Waals surface area contributed by atoms with E-state index in [1.165, 1.54) is 24.0 Å². The molecule has 0 amide bonds. The number of amidine groups is 1. The van der Waals surface area contributed by atoms with Crippen molar-refractivity contribution >= 4 is 17.9 Å². The van der Waals surface area contributed by atoms with Gasteiger partial charge in [0, 0.05) is 44.8 Å². The van der Waals surface area contributed by atoms with E-state index in [4.69, 9.17) is 10.4 Å². The van der Waals surface area contributed by atoms with Gasteiger partial charge < -0.3 is 25.1 Å². The monoisotopic (exact) mass is 342 g/mol. The molecule has 1 saturated heterocycles. The van der Waals surface area contributed by atoms with Crippen LogP contribution in [0.25, 0.3) is 5.82 Å². The number of nitrogens with zero attached hydrogens (tertiary/aromatic N) is 4. The van der Waals surface area contributed by atoms with Crippen molar-refractivity contribution in [1.29, 1.82) is 5.41 Å². The summed E-state index contributed by atoms with van der Waals surface area (Å²) < 4.78 is 2.19. The number of hydrogen-bond donors (Lipinski definition) is 2. The Hall–Kier alpha value is -2.24. The van der Waals surface area contributed by atoms with Gasteiger partial charge in [0.25, 0.3) is 0 Å². The summed E-state index contributed by atoms with van der Waals surface area (Å²) in [6, 6.07) is 4.24. The van der Waals surface area contributed by atoms with Crippen molar-refractivity contribution in [2.24, 2.45) is 16.8 Å². The molecule has 3 rings (SSSR count). The Balaban J connectivity index is 1.75. The van der Waals surface area contributed by atoms with Crippen molar-refractivity contribution in [3.05, 3.63) is 29.7 Å². The molecule has 1 aromatic rings. The number of piperidine rings is 1. The molecule has 2 fully saturated rings. The zero-order valence-electron chi connectivity index (χ0n) is 16.0. The summed E-state index contributed by atoms with van der Waals surface area (Å²) in [5.74, 6) is 3.50. The average Bonchev–Trinajstić information content (AvgIpc) is 3.06. The fraction of sp³-hybridized carbons (Fsp3) is 0.579. The second-order valence-corrected chi connectivity index (χ2v) is 7.31. The topological polar surface area (TPSA) is 59.7 Å². The first-order valence-corrected chi connectivity index (χ1v) is 9.04. The first kappa shape index (κ1) is 17.6. The second kappa shape index (κ2) is 6.94. The summed E-state index contributed by atoms with van der Waals surface area (Å²) >= 11 is 0. The molecule has 6 heteroatoms. The Morgan fingerprint density at radius 3 is 2.44 bits per heavy atom. The number of nitrogens with one attached hydrogen (secondary N) is 2. The van der Waals surface area contributed by atoms with Crippen molar-refractivity contribution in [3.63, 3.8) is 0 Å². The van der Waals surface area contributed by atoms with Crippen LogP contribution < -0.4 is 5.32 Å². The van der Waals surface area contributed by atoms with Crippen LogP contribution in [0.5, 0.6) is 0 Å². The van der Waals surface area contributed by atoms with E-state index in [1.807, 2.05) is 14.1 Å². The van der Waals surface area contributed by atoms with Gasteiger partial charge in [-0.15, -0.1) is 0 Å². The quantitative estimate of drug-likeness (QED) is 0.616. The van der Waals surface area contributed by atoms with Gasteiger partial charge in [-0.25, -0.2) is 4.99 Å². The highest BCUT2D eigenvalue weighted by molar-refractivity contribution is 6.28. The van der Waals surface area contributed by atoms with E-state index < -0.39 is 0 Å². The summed E-state index contributed by atoms with van der Waals surface area (Å²) in [7, 11) is 3.97. The standard InChI is InChI=1S/C19H30N6/c1-13-6-7-14(2)25(13)19(21-4)12-23(5)15(3)22-18(9-20)24-10-16-8-17(16)11-24/h6-7,9,12,15-17,20-21H,8,10-11H2,1-5H3/b19-12+,20-9?,22-18?. The summed E-state index contributed by atoms with van der Waals surface area (Å²) in [5.41, 5.74) is 2.39. The molecule has 3 atom stereocenters. The van der Waals surface area contributed by atoms with Crippen molar-refractivity contribution in [1.82, 2.24) is 19.7 Å². The number of fused-ring (bicyclic) bond motifs is 1. The van der Waals surface area contributed by atoms with Gasteiger partial charge in [0.2, 0.25) is 0 Å². The molecule has 1 saturated carbocycles. The molecule has 6 nitrogen and oxygen atoms in total. The largest absolute Gasteiger partial charge is 0.373 e. The lowest BCUT2D eigenvalue weighted by atomic mass is 10.4. The van der Waals surface area contributed by atoms with E-state index in [1.54, 1.807) is 0 Å². The normalized spacial score (nSPS) is 24.1. The molecule has 136 valence electrons. The molecule has 0 radical (unpaired) electrons. The van der Waals surface area contributed by atoms with Crippen LogP contribution in [0.15, 0.2) is 23.3 Å². The van der Waals surface area contributed by atoms with Gasteiger partial charge >= 0.3 is 0 Å². The fourth-order valence-electron chi connectivity index (χ4n) is 3.66. The van der Waals surface area contributed by atoms with Gasteiger partial charge in [-0.3, -0.25) is 0 Å². The van der Waals surface area contributed by atoms with E-state index in [-0.39, 0.29) is 6.17 Å². The lowest BCUT2D eigenvalue weighted by Gasteiger charge is -2.26. The SMILES string of the molecule is CN/C(=C\N(C)C(C)N=C(C=N)N1CC2CC2C1)n1c(C)ccc1C. The van der Waals surface area contributed by atoms with Gasteiger partial charge in [-0.1, -0.05) is 0 Å². The predicted octanol–water partition coefficient (Wildman–Crippen LogP) is 2.36. The molecule has 1 aromatic heterocycles. The zero-order valence-corrected chi connectivity index (χ0v) is 16.0. The smallest absolute Gasteiger partial charge is 0.143 e. The van der Waals surface area contributed by atoms with Gasteiger partial charge in [0.15, 0.2) is 0 Å². The molecule has 0 bridgehead atoms. The van der Waals surface area contributed by atoms with Crippen LogP contribution >= 0.6 is 0 Å². The molecule has 1 aliphatic heterocycles. The molecule has 0 aromatic carbocycles. The van der Waals surface area contributed by atoms with Crippen LogP contribution in [-0.2, 0) is 0 Å². The van der Waals surface area contributed by atoms with Crippen LogP contribution in [0.4, 0.5) is 0 Å². The second-order valence-electron chi connectivity index (χ2n) is 7.31. The maximum absolute atomic E-state index is 7.74. The first-order valence-electron chi connectivity index (χ1n) is 9.04.